The molecule has 2 aromatic rings. The van der Waals surface area contributed by atoms with Crippen LogP contribution in [-0.2, 0) is 6.42 Å². The zero-order valence-electron chi connectivity index (χ0n) is 9.35. The van der Waals surface area contributed by atoms with E-state index in [1.54, 1.807) is 24.5 Å². The second kappa shape index (κ2) is 5.66. The van der Waals surface area contributed by atoms with Crippen LogP contribution in [0.1, 0.15) is 17.7 Å². The lowest BCUT2D eigenvalue weighted by molar-refractivity contribution is 0.824. The minimum Gasteiger partial charge on any atom is -0.369 e. The van der Waals surface area contributed by atoms with E-state index in [9.17, 15) is 0 Å². The van der Waals surface area contributed by atoms with Crippen LogP contribution in [0, 0.1) is 11.3 Å². The number of nitrogens with zero attached hydrogens (tertiary/aromatic N) is 3. The Kier molecular flexibility index (Phi) is 3.71. The van der Waals surface area contributed by atoms with Gasteiger partial charge in [0.2, 0.25) is 0 Å². The van der Waals surface area contributed by atoms with Gasteiger partial charge in [0.05, 0.1) is 5.56 Å². The van der Waals surface area contributed by atoms with Gasteiger partial charge in [-0.15, -0.1) is 0 Å². The van der Waals surface area contributed by atoms with Crippen molar-refractivity contribution in [3.8, 4) is 6.07 Å². The summed E-state index contributed by atoms with van der Waals surface area (Å²) in [5, 5.41) is 18.8. The number of rotatable bonds is 5. The summed E-state index contributed by atoms with van der Waals surface area (Å²) in [5.74, 6) is 0.652. The summed E-state index contributed by atoms with van der Waals surface area (Å²) < 4.78 is 0. The molecule has 2 N–H and O–H groups in total. The van der Waals surface area contributed by atoms with Gasteiger partial charge in [-0.3, -0.25) is 5.10 Å². The standard InChI is InChI=1S/C12H13N5/c13-9-10-3-1-6-14-12(10)15-7-2-4-11-5-8-16-17-11/h1,3,5-6,8H,2,4,7H2,(H,14,15)(H,16,17). The van der Waals surface area contributed by atoms with E-state index in [1.807, 2.05) is 6.07 Å². The van der Waals surface area contributed by atoms with E-state index in [-0.39, 0.29) is 0 Å². The topological polar surface area (TPSA) is 77.4 Å². The lowest BCUT2D eigenvalue weighted by Gasteiger charge is -2.05. The molecule has 5 heteroatoms. The smallest absolute Gasteiger partial charge is 0.143 e. The summed E-state index contributed by atoms with van der Waals surface area (Å²) in [4.78, 5) is 4.13. The summed E-state index contributed by atoms with van der Waals surface area (Å²) in [7, 11) is 0. The van der Waals surface area contributed by atoms with E-state index in [0.717, 1.165) is 25.1 Å². The number of hydrogen-bond donors (Lipinski definition) is 2. The molecular formula is C12H13N5. The van der Waals surface area contributed by atoms with Gasteiger partial charge in [0.15, 0.2) is 0 Å². The molecule has 0 bridgehead atoms. The van der Waals surface area contributed by atoms with Crippen molar-refractivity contribution < 1.29 is 0 Å². The number of anilines is 1. The molecule has 0 aliphatic rings. The monoisotopic (exact) mass is 227 g/mol. The van der Waals surface area contributed by atoms with Crippen molar-refractivity contribution in [3.63, 3.8) is 0 Å². The van der Waals surface area contributed by atoms with Crippen molar-refractivity contribution in [2.45, 2.75) is 12.8 Å². The van der Waals surface area contributed by atoms with Crippen LogP contribution in [0.4, 0.5) is 5.82 Å². The fourth-order valence-electron chi connectivity index (χ4n) is 1.55. The van der Waals surface area contributed by atoms with E-state index in [1.165, 1.54) is 0 Å². The van der Waals surface area contributed by atoms with Gasteiger partial charge in [0.1, 0.15) is 11.9 Å². The summed E-state index contributed by atoms with van der Waals surface area (Å²) in [6.45, 7) is 0.782. The maximum absolute atomic E-state index is 8.88. The molecule has 0 aromatic carbocycles. The highest BCUT2D eigenvalue weighted by Gasteiger charge is 2.01. The molecule has 0 spiro atoms. The molecule has 2 heterocycles. The Morgan fingerprint density at radius 1 is 1.35 bits per heavy atom. The van der Waals surface area contributed by atoms with Crippen molar-refractivity contribution in [2.24, 2.45) is 0 Å². The van der Waals surface area contributed by atoms with Crippen molar-refractivity contribution in [1.82, 2.24) is 15.2 Å². The van der Waals surface area contributed by atoms with E-state index >= 15 is 0 Å². The third-order valence-electron chi connectivity index (χ3n) is 2.40. The fraction of sp³-hybridized carbons (Fsp3) is 0.250. The summed E-state index contributed by atoms with van der Waals surface area (Å²) >= 11 is 0. The number of aromatic nitrogens is 3. The molecule has 86 valence electrons. The van der Waals surface area contributed by atoms with Crippen LogP contribution in [-0.4, -0.2) is 21.7 Å². The van der Waals surface area contributed by atoms with Crippen LogP contribution in [0.25, 0.3) is 0 Å². The van der Waals surface area contributed by atoms with Crippen LogP contribution >= 0.6 is 0 Å². The highest BCUT2D eigenvalue weighted by molar-refractivity contribution is 5.50. The highest BCUT2D eigenvalue weighted by Crippen LogP contribution is 2.09. The maximum Gasteiger partial charge on any atom is 0.143 e. The fourth-order valence-corrected chi connectivity index (χ4v) is 1.55. The Morgan fingerprint density at radius 3 is 3.06 bits per heavy atom. The molecule has 0 radical (unpaired) electrons. The third kappa shape index (κ3) is 3.05. The largest absolute Gasteiger partial charge is 0.369 e. The first-order valence-corrected chi connectivity index (χ1v) is 5.47. The molecule has 2 aromatic heterocycles. The average Bonchev–Trinajstić information content (AvgIpc) is 2.88. The predicted octanol–water partition coefficient (Wildman–Crippen LogP) is 1.72. The Hall–Kier alpha value is -2.35. The van der Waals surface area contributed by atoms with Gasteiger partial charge >= 0.3 is 0 Å². The average molecular weight is 227 g/mol. The van der Waals surface area contributed by atoms with Gasteiger partial charge in [-0.1, -0.05) is 0 Å². The van der Waals surface area contributed by atoms with E-state index in [4.69, 9.17) is 5.26 Å². The molecule has 0 saturated heterocycles. The van der Waals surface area contributed by atoms with E-state index in [0.29, 0.717) is 11.4 Å². The van der Waals surface area contributed by atoms with Crippen LogP contribution in [0.15, 0.2) is 30.6 Å². The first-order chi connectivity index (χ1) is 8.40. The maximum atomic E-state index is 8.88. The summed E-state index contributed by atoms with van der Waals surface area (Å²) in [6, 6.07) is 7.58. The van der Waals surface area contributed by atoms with Crippen molar-refractivity contribution >= 4 is 5.82 Å². The number of pyridine rings is 1. The quantitative estimate of drug-likeness (QED) is 0.762. The van der Waals surface area contributed by atoms with Gasteiger partial charge in [0.25, 0.3) is 0 Å². The highest BCUT2D eigenvalue weighted by atomic mass is 15.1. The van der Waals surface area contributed by atoms with E-state index in [2.05, 4.69) is 26.6 Å². The summed E-state index contributed by atoms with van der Waals surface area (Å²) in [5.41, 5.74) is 1.70. The first-order valence-electron chi connectivity index (χ1n) is 5.47. The molecule has 0 atom stereocenters. The van der Waals surface area contributed by atoms with Crippen molar-refractivity contribution in [2.75, 3.05) is 11.9 Å². The minimum atomic E-state index is 0.578. The number of nitrogens with one attached hydrogen (secondary N) is 2. The Morgan fingerprint density at radius 2 is 2.29 bits per heavy atom. The Bertz CT molecular complexity index is 498. The second-order valence-electron chi connectivity index (χ2n) is 3.62. The van der Waals surface area contributed by atoms with Crippen molar-refractivity contribution in [1.29, 1.82) is 5.26 Å². The number of aromatic amines is 1. The lowest BCUT2D eigenvalue weighted by Crippen LogP contribution is -2.06. The molecule has 0 saturated carbocycles. The predicted molar refractivity (Wildman–Crippen MR) is 64.4 cm³/mol. The molecule has 2 rings (SSSR count). The zero-order chi connectivity index (χ0) is 11.9. The van der Waals surface area contributed by atoms with Gasteiger partial charge in [0, 0.05) is 24.6 Å². The number of aryl methyl sites for hydroxylation is 1. The molecule has 0 unspecified atom stereocenters. The van der Waals surface area contributed by atoms with Crippen LogP contribution in [0.3, 0.4) is 0 Å². The minimum absolute atomic E-state index is 0.578. The van der Waals surface area contributed by atoms with Gasteiger partial charge in [-0.25, -0.2) is 4.98 Å². The molecule has 0 aliphatic carbocycles. The number of nitriles is 1. The van der Waals surface area contributed by atoms with Crippen LogP contribution < -0.4 is 5.32 Å². The number of H-pyrrole nitrogens is 1. The SMILES string of the molecule is N#Cc1cccnc1NCCCc1ccn[nH]1. The van der Waals surface area contributed by atoms with Gasteiger partial charge in [-0.2, -0.15) is 10.4 Å². The zero-order valence-corrected chi connectivity index (χ0v) is 9.35. The second-order valence-corrected chi connectivity index (χ2v) is 3.62. The van der Waals surface area contributed by atoms with Gasteiger partial charge < -0.3 is 5.32 Å². The van der Waals surface area contributed by atoms with Crippen LogP contribution in [0.5, 0.6) is 0 Å². The molecule has 5 nitrogen and oxygen atoms in total. The first kappa shape index (κ1) is 11.1. The molecular weight excluding hydrogens is 214 g/mol. The van der Waals surface area contributed by atoms with Gasteiger partial charge in [-0.05, 0) is 31.0 Å². The summed E-state index contributed by atoms with van der Waals surface area (Å²) in [6.07, 6.45) is 5.32. The van der Waals surface area contributed by atoms with Crippen molar-refractivity contribution in [3.05, 3.63) is 41.9 Å². The molecule has 0 fully saturated rings. The van der Waals surface area contributed by atoms with Crippen LogP contribution in [0.2, 0.25) is 0 Å². The van der Waals surface area contributed by atoms with E-state index < -0.39 is 0 Å². The third-order valence-corrected chi connectivity index (χ3v) is 2.40. The number of hydrogen-bond acceptors (Lipinski definition) is 4. The lowest BCUT2D eigenvalue weighted by atomic mass is 10.2. The molecule has 0 aliphatic heterocycles. The normalized spacial score (nSPS) is 9.82. The molecule has 0 amide bonds. The molecule has 17 heavy (non-hydrogen) atoms. The Balaban J connectivity index is 1.80. The Labute approximate surface area is 99.5 Å².